The number of rotatable bonds is 7. The molecule has 2 aliphatic heterocycles. The Kier molecular flexibility index (Phi) is 7.80. The molecule has 1 amide bonds. The van der Waals surface area contributed by atoms with E-state index in [0.717, 1.165) is 71.0 Å². The van der Waals surface area contributed by atoms with Crippen molar-refractivity contribution < 1.29 is 9.90 Å². The zero-order chi connectivity index (χ0) is 16.7. The van der Waals surface area contributed by atoms with Crippen molar-refractivity contribution >= 4 is 5.91 Å². The van der Waals surface area contributed by atoms with Crippen LogP contribution < -0.4 is 5.32 Å². The molecule has 5 nitrogen and oxygen atoms in total. The number of likely N-dealkylation sites (tertiary alicyclic amines) is 2. The van der Waals surface area contributed by atoms with Crippen LogP contribution in [0.15, 0.2) is 0 Å². The lowest BCUT2D eigenvalue weighted by molar-refractivity contribution is -0.126. The summed E-state index contributed by atoms with van der Waals surface area (Å²) in [6, 6.07) is 0. The van der Waals surface area contributed by atoms with Gasteiger partial charge in [0.25, 0.3) is 0 Å². The molecule has 23 heavy (non-hydrogen) atoms. The van der Waals surface area contributed by atoms with Crippen LogP contribution in [-0.2, 0) is 4.79 Å². The van der Waals surface area contributed by atoms with Crippen LogP contribution in [-0.4, -0.2) is 72.7 Å². The summed E-state index contributed by atoms with van der Waals surface area (Å²) in [6.45, 7) is 10.8. The molecule has 0 bridgehead atoms. The molecule has 2 heterocycles. The molecule has 1 unspecified atom stereocenters. The molecule has 0 saturated carbocycles. The predicted molar refractivity (Wildman–Crippen MR) is 93.3 cm³/mol. The third-order valence-corrected chi connectivity index (χ3v) is 5.32. The van der Waals surface area contributed by atoms with E-state index in [9.17, 15) is 9.90 Å². The number of carbonyl (C=O) groups excluding carboxylic acids is 1. The maximum atomic E-state index is 12.0. The van der Waals surface area contributed by atoms with E-state index in [1.165, 1.54) is 12.8 Å². The van der Waals surface area contributed by atoms with Crippen molar-refractivity contribution in [1.29, 1.82) is 0 Å². The zero-order valence-electron chi connectivity index (χ0n) is 15.0. The summed E-state index contributed by atoms with van der Waals surface area (Å²) in [7, 11) is 0. The van der Waals surface area contributed by atoms with Crippen molar-refractivity contribution in [3.63, 3.8) is 0 Å². The highest BCUT2D eigenvalue weighted by Gasteiger charge is 2.26. The minimum atomic E-state index is -0.270. The third kappa shape index (κ3) is 6.40. The second-order valence-corrected chi connectivity index (χ2v) is 7.50. The molecule has 0 radical (unpaired) electrons. The summed E-state index contributed by atoms with van der Waals surface area (Å²) in [5.41, 5.74) is 0. The lowest BCUT2D eigenvalue weighted by Crippen LogP contribution is -2.46. The molecule has 2 fully saturated rings. The summed E-state index contributed by atoms with van der Waals surface area (Å²) in [4.78, 5) is 16.7. The first-order valence-electron chi connectivity index (χ1n) is 9.49. The molecule has 0 spiro atoms. The number of hydrogen-bond donors (Lipinski definition) is 2. The second-order valence-electron chi connectivity index (χ2n) is 7.50. The summed E-state index contributed by atoms with van der Waals surface area (Å²) in [5, 5.41) is 13.4. The molecule has 0 aromatic rings. The zero-order valence-corrected chi connectivity index (χ0v) is 15.0. The summed E-state index contributed by atoms with van der Waals surface area (Å²) >= 11 is 0. The van der Waals surface area contributed by atoms with Gasteiger partial charge < -0.3 is 20.2 Å². The molecule has 5 heteroatoms. The number of carbonyl (C=O) groups is 1. The predicted octanol–water partition coefficient (Wildman–Crippen LogP) is 1.32. The van der Waals surface area contributed by atoms with Crippen LogP contribution in [0.3, 0.4) is 0 Å². The first-order valence-corrected chi connectivity index (χ1v) is 9.49. The van der Waals surface area contributed by atoms with Gasteiger partial charge in [0.2, 0.25) is 5.91 Å². The number of nitrogens with one attached hydrogen (secondary N) is 1. The molecule has 2 saturated heterocycles. The Morgan fingerprint density at radius 1 is 1.09 bits per heavy atom. The second kappa shape index (κ2) is 9.60. The van der Waals surface area contributed by atoms with Crippen LogP contribution in [0.1, 0.15) is 46.0 Å². The van der Waals surface area contributed by atoms with Crippen LogP contribution in [0, 0.1) is 11.8 Å². The average Bonchev–Trinajstić information content (AvgIpc) is 2.55. The van der Waals surface area contributed by atoms with Gasteiger partial charge >= 0.3 is 0 Å². The Morgan fingerprint density at radius 3 is 2.13 bits per heavy atom. The van der Waals surface area contributed by atoms with Gasteiger partial charge in [-0.15, -0.1) is 0 Å². The summed E-state index contributed by atoms with van der Waals surface area (Å²) in [5.74, 6) is 1.22. The van der Waals surface area contributed by atoms with Crippen LogP contribution in [0.4, 0.5) is 0 Å². The van der Waals surface area contributed by atoms with Crippen molar-refractivity contribution in [2.75, 3.05) is 45.8 Å². The van der Waals surface area contributed by atoms with Crippen molar-refractivity contribution in [2.45, 2.75) is 52.1 Å². The molecule has 2 aliphatic rings. The highest BCUT2D eigenvalue weighted by molar-refractivity contribution is 5.78. The van der Waals surface area contributed by atoms with Crippen LogP contribution >= 0.6 is 0 Å². The quantitative estimate of drug-likeness (QED) is 0.741. The SMILES string of the molecule is CCCNC(=O)C1CCN(CC(O)CN2CCC(C)CC2)CC1. The van der Waals surface area contributed by atoms with E-state index in [-0.39, 0.29) is 17.9 Å². The van der Waals surface area contributed by atoms with E-state index >= 15 is 0 Å². The summed E-state index contributed by atoms with van der Waals surface area (Å²) < 4.78 is 0. The number of β-amino-alcohol motifs (C(OH)–C–C–N with tert-alkyl or cyclic N) is 1. The van der Waals surface area contributed by atoms with Gasteiger partial charge in [0, 0.05) is 25.6 Å². The number of aliphatic hydroxyl groups excluding tert-OH is 1. The minimum absolute atomic E-state index is 0.165. The first kappa shape index (κ1) is 18.7. The monoisotopic (exact) mass is 325 g/mol. The Hall–Kier alpha value is -0.650. The molecule has 0 aliphatic carbocycles. The number of piperidine rings is 2. The van der Waals surface area contributed by atoms with Gasteiger partial charge in [-0.3, -0.25) is 4.79 Å². The van der Waals surface area contributed by atoms with E-state index in [1.54, 1.807) is 0 Å². The first-order chi connectivity index (χ1) is 11.1. The molecule has 0 aromatic carbocycles. The maximum Gasteiger partial charge on any atom is 0.223 e. The average molecular weight is 325 g/mol. The van der Waals surface area contributed by atoms with E-state index in [2.05, 4.69) is 29.0 Å². The van der Waals surface area contributed by atoms with E-state index in [0.29, 0.717) is 0 Å². The van der Waals surface area contributed by atoms with Gasteiger partial charge in [-0.25, -0.2) is 0 Å². The van der Waals surface area contributed by atoms with E-state index in [4.69, 9.17) is 0 Å². The fraction of sp³-hybridized carbons (Fsp3) is 0.944. The highest BCUT2D eigenvalue weighted by Crippen LogP contribution is 2.19. The molecule has 2 rings (SSSR count). The molecular weight excluding hydrogens is 290 g/mol. The third-order valence-electron chi connectivity index (χ3n) is 5.32. The lowest BCUT2D eigenvalue weighted by atomic mass is 9.95. The highest BCUT2D eigenvalue weighted by atomic mass is 16.3. The molecular formula is C18H35N3O2. The van der Waals surface area contributed by atoms with Crippen molar-refractivity contribution in [2.24, 2.45) is 11.8 Å². The molecule has 2 N–H and O–H groups in total. The normalized spacial score (nSPS) is 23.8. The fourth-order valence-electron chi connectivity index (χ4n) is 3.67. The Bertz CT molecular complexity index is 348. The smallest absolute Gasteiger partial charge is 0.223 e. The lowest BCUT2D eigenvalue weighted by Gasteiger charge is -2.35. The fourth-order valence-corrected chi connectivity index (χ4v) is 3.67. The van der Waals surface area contributed by atoms with Crippen molar-refractivity contribution in [3.8, 4) is 0 Å². The van der Waals surface area contributed by atoms with E-state index in [1.807, 2.05) is 0 Å². The molecule has 134 valence electrons. The van der Waals surface area contributed by atoms with Crippen LogP contribution in [0.5, 0.6) is 0 Å². The molecule has 1 atom stereocenters. The van der Waals surface area contributed by atoms with Crippen LogP contribution in [0.25, 0.3) is 0 Å². The Labute approximate surface area is 141 Å². The minimum Gasteiger partial charge on any atom is -0.390 e. The van der Waals surface area contributed by atoms with Crippen molar-refractivity contribution in [3.05, 3.63) is 0 Å². The number of nitrogens with zero attached hydrogens (tertiary/aromatic N) is 2. The Balaban J connectivity index is 1.62. The van der Waals surface area contributed by atoms with Gasteiger partial charge in [-0.2, -0.15) is 0 Å². The number of amides is 1. The van der Waals surface area contributed by atoms with Gasteiger partial charge in [-0.1, -0.05) is 13.8 Å². The van der Waals surface area contributed by atoms with Gasteiger partial charge in [0.05, 0.1) is 6.10 Å². The van der Waals surface area contributed by atoms with Crippen LogP contribution in [0.2, 0.25) is 0 Å². The van der Waals surface area contributed by atoms with Gasteiger partial charge in [0.1, 0.15) is 0 Å². The summed E-state index contributed by atoms with van der Waals surface area (Å²) in [6.07, 6.45) is 5.07. The maximum absolute atomic E-state index is 12.0. The Morgan fingerprint density at radius 2 is 1.61 bits per heavy atom. The standard InChI is InChI=1S/C18H35N3O2/c1-3-8-19-18(23)16-6-11-21(12-7-16)14-17(22)13-20-9-4-15(2)5-10-20/h15-17,22H,3-14H2,1-2H3,(H,19,23). The van der Waals surface area contributed by atoms with Gasteiger partial charge in [-0.05, 0) is 64.2 Å². The number of aliphatic hydroxyl groups is 1. The number of hydrogen-bond acceptors (Lipinski definition) is 4. The van der Waals surface area contributed by atoms with Gasteiger partial charge in [0.15, 0.2) is 0 Å². The topological polar surface area (TPSA) is 55.8 Å². The largest absolute Gasteiger partial charge is 0.390 e. The molecule has 0 aromatic heterocycles. The van der Waals surface area contributed by atoms with Crippen molar-refractivity contribution in [1.82, 2.24) is 15.1 Å². The van der Waals surface area contributed by atoms with E-state index < -0.39 is 0 Å².